The normalized spacial score (nSPS) is 23.6. The van der Waals surface area contributed by atoms with Gasteiger partial charge in [-0.2, -0.15) is 0 Å². The zero-order chi connectivity index (χ0) is 51.4. The van der Waals surface area contributed by atoms with Crippen LogP contribution in [0.25, 0.3) is 32.7 Å². The average Bonchev–Trinajstić information content (AvgIpc) is 3.83. The second-order valence-corrected chi connectivity index (χ2v) is 21.9. The second kappa shape index (κ2) is 19.5. The maximum atomic E-state index is 16.2. The van der Waals surface area contributed by atoms with Crippen molar-refractivity contribution in [2.75, 3.05) is 41.3 Å². The highest BCUT2D eigenvalue weighted by Gasteiger charge is 2.48. The number of likely N-dealkylation sites (tertiary alicyclic amines) is 1. The molecule has 2 fully saturated rings. The Hall–Kier alpha value is -6.94. The summed E-state index contributed by atoms with van der Waals surface area (Å²) in [6.07, 6.45) is 7.01. The highest BCUT2D eigenvalue weighted by atomic mass is 16.6. The van der Waals surface area contributed by atoms with Crippen LogP contribution in [0.2, 0.25) is 0 Å². The van der Waals surface area contributed by atoms with Crippen molar-refractivity contribution in [3.05, 3.63) is 153 Å². The molecule has 4 unspecified atom stereocenters. The van der Waals surface area contributed by atoms with Crippen LogP contribution in [-0.2, 0) is 35.5 Å². The number of hydrogen-bond acceptors (Lipinski definition) is 6. The van der Waals surface area contributed by atoms with E-state index in [0.29, 0.717) is 46.5 Å². The van der Waals surface area contributed by atoms with E-state index in [1.165, 1.54) is 5.71 Å². The molecule has 0 radical (unpaired) electrons. The van der Waals surface area contributed by atoms with E-state index in [2.05, 4.69) is 38.1 Å². The topological polar surface area (TPSA) is 207 Å². The van der Waals surface area contributed by atoms with E-state index in [0.717, 1.165) is 106 Å². The van der Waals surface area contributed by atoms with Crippen LogP contribution in [0.5, 0.6) is 0 Å². The van der Waals surface area contributed by atoms with Crippen molar-refractivity contribution in [2.45, 2.75) is 95.4 Å². The lowest BCUT2D eigenvalue weighted by atomic mass is 9.92. The maximum absolute atomic E-state index is 16.2. The van der Waals surface area contributed by atoms with Crippen LogP contribution in [0.3, 0.4) is 0 Å². The number of carbonyl (C=O) groups excluding carboxylic acids is 2. The predicted molar refractivity (Wildman–Crippen MR) is 295 cm³/mol. The molecule has 14 heteroatoms. The molecule has 73 heavy (non-hydrogen) atoms. The Morgan fingerprint density at radius 3 is 1.99 bits per heavy atom. The molecule has 0 bridgehead atoms. The Morgan fingerprint density at radius 1 is 0.699 bits per heavy atom. The molecule has 1 saturated heterocycles. The number of nitrogens with one attached hydrogen (secondary N) is 3. The maximum Gasteiger partial charge on any atom is 0.304 e. The van der Waals surface area contributed by atoms with Crippen molar-refractivity contribution in [1.82, 2.24) is 14.6 Å². The van der Waals surface area contributed by atoms with Crippen LogP contribution in [0.4, 0.5) is 11.4 Å². The minimum Gasteiger partial charge on any atom is -0.627 e. The van der Waals surface area contributed by atoms with Crippen LogP contribution < -0.4 is 26.1 Å². The van der Waals surface area contributed by atoms with Crippen LogP contribution in [0, 0.1) is 21.2 Å². The van der Waals surface area contributed by atoms with Crippen molar-refractivity contribution < 1.29 is 18.6 Å². The van der Waals surface area contributed by atoms with Gasteiger partial charge in [0.2, 0.25) is 0 Å². The lowest BCUT2D eigenvalue weighted by Crippen LogP contribution is -2.57. The van der Waals surface area contributed by atoms with Gasteiger partial charge in [-0.1, -0.05) is 84.9 Å². The number of amides is 2. The summed E-state index contributed by atoms with van der Waals surface area (Å²) in [5.41, 5.74) is 20.6. The summed E-state index contributed by atoms with van der Waals surface area (Å²) < 4.78 is 1.17. The molecule has 0 spiro atoms. The molecule has 7 N–H and O–H groups in total. The molecule has 376 valence electrons. The second-order valence-electron chi connectivity index (χ2n) is 21.9. The summed E-state index contributed by atoms with van der Waals surface area (Å²) in [5.74, 6) is -1.05. The number of nitrogen functional groups attached to an aromatic ring is 2. The molecule has 10 rings (SSSR count). The molecule has 4 atom stereocenters. The molecule has 6 aromatic carbocycles. The van der Waals surface area contributed by atoms with E-state index in [9.17, 15) is 9.59 Å². The van der Waals surface area contributed by atoms with Crippen molar-refractivity contribution >= 4 is 67.8 Å². The molecule has 0 aromatic heterocycles. The molecular formula is C59H68N10O4+2. The number of benzene rings is 6. The van der Waals surface area contributed by atoms with Crippen molar-refractivity contribution in [3.8, 4) is 11.1 Å². The third-order valence-electron chi connectivity index (χ3n) is 16.4. The van der Waals surface area contributed by atoms with E-state index < -0.39 is 27.3 Å². The third kappa shape index (κ3) is 9.61. The lowest BCUT2D eigenvalue weighted by Gasteiger charge is -2.44. The van der Waals surface area contributed by atoms with Crippen LogP contribution >= 0.6 is 0 Å². The fourth-order valence-electron chi connectivity index (χ4n) is 12.3. The Balaban J connectivity index is 1.03. The van der Waals surface area contributed by atoms with Crippen LogP contribution in [-0.4, -0.2) is 103 Å². The van der Waals surface area contributed by atoms with Gasteiger partial charge in [0.05, 0.1) is 27.2 Å². The molecule has 3 aliphatic heterocycles. The summed E-state index contributed by atoms with van der Waals surface area (Å²) in [6.45, 7) is 1.90. The summed E-state index contributed by atoms with van der Waals surface area (Å²) in [7, 11) is 8.57. The van der Waals surface area contributed by atoms with Gasteiger partial charge in [-0.05, 0) is 70.5 Å². The van der Waals surface area contributed by atoms with Gasteiger partial charge >= 0.3 is 5.91 Å². The van der Waals surface area contributed by atoms with E-state index in [4.69, 9.17) is 27.3 Å². The van der Waals surface area contributed by atoms with E-state index in [1.54, 1.807) is 18.2 Å². The number of carbonyl (C=O) groups is 2. The van der Waals surface area contributed by atoms with E-state index in [-0.39, 0.29) is 49.6 Å². The highest BCUT2D eigenvalue weighted by Crippen LogP contribution is 2.48. The van der Waals surface area contributed by atoms with Gasteiger partial charge in [0.25, 0.3) is 5.91 Å². The minimum atomic E-state index is -1.08. The van der Waals surface area contributed by atoms with Gasteiger partial charge in [0, 0.05) is 95.8 Å². The Morgan fingerprint density at radius 2 is 1.32 bits per heavy atom. The zero-order valence-electron chi connectivity index (χ0n) is 42.5. The van der Waals surface area contributed by atoms with Gasteiger partial charge in [0.1, 0.15) is 50.2 Å². The first-order valence-electron chi connectivity index (χ1n) is 25.8. The summed E-state index contributed by atoms with van der Waals surface area (Å²) >= 11 is 0. The number of hydroxylamine groups is 4. The fourth-order valence-corrected chi connectivity index (χ4v) is 12.3. The van der Waals surface area contributed by atoms with Crippen molar-refractivity contribution in [3.63, 3.8) is 0 Å². The quantitative estimate of drug-likeness (QED) is 0.0299. The van der Waals surface area contributed by atoms with E-state index >= 15 is 10.4 Å². The first-order valence-corrected chi connectivity index (χ1v) is 25.8. The molecular weight excluding hydrogens is 913 g/mol. The lowest BCUT2D eigenvalue weighted by molar-refractivity contribution is -0.890. The Labute approximate surface area is 427 Å². The molecule has 1 aliphatic carbocycles. The number of hydrogen-bond donors (Lipinski definition) is 5. The number of amidine groups is 2. The monoisotopic (exact) mass is 981 g/mol. The average molecular weight is 981 g/mol. The first-order chi connectivity index (χ1) is 34.9. The Kier molecular flexibility index (Phi) is 13.2. The van der Waals surface area contributed by atoms with Gasteiger partial charge < -0.3 is 41.0 Å². The standard InChI is InChI=1S/C59H67N10O4/c1-66(2)47-24-22-46(23-25-47)65-58(70)54-31-40-19-20-41(56(60)61)32-52(40)68(54,72)35-43-15-8-13-38-29-39(21-26-49(38)43)50-30-44(57(62)63)33-53-51(50)34-55(59(71)64-45-16-9-27-67(3,4)28-10-17-45)69(53,73)36-42-14-7-12-37-11-5-6-18-48(37)42/h5-8,11-15,18-21,26,29-30,32-33,46,54-55H,9-10,16-17,22-25,27-28,31,34-36H2,1-4H3,(H6-,60,61,62,63,65,70)/q+1/p+1. The summed E-state index contributed by atoms with van der Waals surface area (Å²) in [4.78, 5) is 34.0. The summed E-state index contributed by atoms with van der Waals surface area (Å²) in [5, 5.41) is 55.7. The van der Waals surface area contributed by atoms with Crippen LogP contribution in [0.15, 0.2) is 114 Å². The number of nitrogens with zero attached hydrogens (tertiary/aromatic N) is 5. The third-order valence-corrected chi connectivity index (χ3v) is 16.4. The predicted octanol–water partition coefficient (Wildman–Crippen LogP) is 8.48. The van der Waals surface area contributed by atoms with Crippen molar-refractivity contribution in [1.29, 1.82) is 10.8 Å². The molecule has 4 aliphatic rings. The highest BCUT2D eigenvalue weighted by molar-refractivity contribution is 6.03. The Bertz CT molecular complexity index is 3270. The van der Waals surface area contributed by atoms with Gasteiger partial charge in [0.15, 0.2) is 17.8 Å². The van der Waals surface area contributed by atoms with Gasteiger partial charge in [-0.15, -0.1) is 0 Å². The minimum absolute atomic E-state index is 0.0228. The zero-order valence-corrected chi connectivity index (χ0v) is 42.5. The number of fused-ring (bicyclic) bond motifs is 4. The number of rotatable bonds is 10. The smallest absolute Gasteiger partial charge is 0.304 e. The van der Waals surface area contributed by atoms with E-state index in [1.807, 2.05) is 91.0 Å². The van der Waals surface area contributed by atoms with Crippen molar-refractivity contribution in [2.24, 2.45) is 16.5 Å². The molecule has 2 amide bonds. The van der Waals surface area contributed by atoms with Crippen LogP contribution in [0.1, 0.15) is 84.7 Å². The van der Waals surface area contributed by atoms with Gasteiger partial charge in [-0.25, -0.2) is 9.57 Å². The molecule has 14 nitrogen and oxygen atoms in total. The summed E-state index contributed by atoms with van der Waals surface area (Å²) in [6, 6.07) is 32.4. The number of quaternary nitrogens is 3. The first kappa shape index (κ1) is 49.6. The number of aliphatic imine (C=N–C) groups is 1. The largest absolute Gasteiger partial charge is 0.627 e. The molecule has 3 heterocycles. The molecule has 6 aromatic rings. The fraction of sp³-hybridized carbons (Fsp3) is 0.356. The SMILES string of the molecule is C[N+](C)=C1CCC(NC(=O)C2Cc3ccc(C(=N)N)cc3[N+]2([O-])Cc2cccc3cc(-c4cc(C(=N)N)cc5c4CC(C(=O)N=C4CCC[N+](C)(C)CCC4)[N+]5([O-])Cc4cccc5ccccc45)ccc23)CC1. The molecule has 1 saturated carbocycles. The number of nitrogens with two attached hydrogens (primary N) is 2. The van der Waals surface area contributed by atoms with Gasteiger partial charge in [-0.3, -0.25) is 20.4 Å².